The van der Waals surface area contributed by atoms with Crippen LogP contribution in [0, 0.1) is 0 Å². The van der Waals surface area contributed by atoms with Gasteiger partial charge in [0.05, 0.1) is 5.97 Å². The Bertz CT molecular complexity index is 156. The van der Waals surface area contributed by atoms with E-state index in [9.17, 15) is 14.7 Å². The fourth-order valence-electron chi connectivity index (χ4n) is 0.416. The maximum Gasteiger partial charge on any atom is 3.00 e. The van der Waals surface area contributed by atoms with Crippen molar-refractivity contribution < 1.29 is 48.8 Å². The van der Waals surface area contributed by atoms with Gasteiger partial charge in [-0.3, -0.25) is 4.79 Å². The molecule has 0 bridgehead atoms. The second-order valence-electron chi connectivity index (χ2n) is 1.93. The Kier molecular flexibility index (Phi) is 13.5. The maximum atomic E-state index is 10.1. The Balaban J connectivity index is -0.000000405. The first-order valence-corrected chi connectivity index (χ1v) is 2.78. The third-order valence-corrected chi connectivity index (χ3v) is 1.00. The smallest absolute Gasteiger partial charge is 0.548 e. The average Bonchev–Trinajstić information content (AvgIpc) is 1.82. The molecule has 67 valence electrons. The summed E-state index contributed by atoms with van der Waals surface area (Å²) in [6.45, 7) is 0. The van der Waals surface area contributed by atoms with Crippen LogP contribution in [0.15, 0.2) is 0 Å². The Hall–Kier alpha value is -0.0610. The van der Waals surface area contributed by atoms with Crippen molar-refractivity contribution in [1.82, 2.24) is 0 Å². The van der Waals surface area contributed by atoms with E-state index in [2.05, 4.69) is 0 Å². The largest absolute Gasteiger partial charge is 3.00 e. The van der Waals surface area contributed by atoms with Crippen LogP contribution in [0.3, 0.4) is 0 Å². The number of carboxylic acid groups (broad SMARTS) is 1. The van der Waals surface area contributed by atoms with Gasteiger partial charge in [0.1, 0.15) is 0 Å². The van der Waals surface area contributed by atoms with Gasteiger partial charge in [0.15, 0.2) is 0 Å². The zero-order chi connectivity index (χ0) is 8.15. The van der Waals surface area contributed by atoms with Gasteiger partial charge in [0.25, 0.3) is 0 Å². The molecule has 5 nitrogen and oxygen atoms in total. The molecule has 0 rings (SSSR count). The summed E-state index contributed by atoms with van der Waals surface area (Å²) < 4.78 is 0. The normalized spacial score (nSPS) is 10.4. The SMILES string of the molecule is NC(=O)CC[C@H](N)C(=O)[O-].[Co+3].[Cr+3]. The van der Waals surface area contributed by atoms with E-state index in [1.54, 1.807) is 0 Å². The van der Waals surface area contributed by atoms with Crippen molar-refractivity contribution in [3.63, 3.8) is 0 Å². The van der Waals surface area contributed by atoms with Crippen molar-refractivity contribution in [1.29, 1.82) is 0 Å². The first kappa shape index (κ1) is 17.9. The van der Waals surface area contributed by atoms with Crippen LogP contribution in [0.2, 0.25) is 0 Å². The third-order valence-electron chi connectivity index (χ3n) is 1.00. The number of amides is 1. The van der Waals surface area contributed by atoms with Crippen molar-refractivity contribution in [2.24, 2.45) is 11.5 Å². The van der Waals surface area contributed by atoms with Crippen LogP contribution >= 0.6 is 0 Å². The minimum atomic E-state index is -1.36. The number of rotatable bonds is 4. The molecule has 0 fully saturated rings. The van der Waals surface area contributed by atoms with Crippen molar-refractivity contribution in [2.45, 2.75) is 18.9 Å². The first-order chi connectivity index (χ1) is 4.54. The number of carbonyl (C=O) groups is 2. The molecular weight excluding hydrogens is 247 g/mol. The Labute approximate surface area is 91.2 Å². The number of hydrogen-bond acceptors (Lipinski definition) is 4. The molecule has 0 aliphatic heterocycles. The number of nitrogens with two attached hydrogens (primary N) is 2. The molecule has 0 aromatic carbocycles. The van der Waals surface area contributed by atoms with E-state index in [0.29, 0.717) is 0 Å². The zero-order valence-electron chi connectivity index (χ0n) is 6.11. The van der Waals surface area contributed by atoms with E-state index in [1.807, 2.05) is 0 Å². The average molecular weight is 256 g/mol. The van der Waals surface area contributed by atoms with Crippen LogP contribution < -0.4 is 16.6 Å². The Morgan fingerprint density at radius 3 is 2.08 bits per heavy atom. The number of primary amides is 1. The minimum Gasteiger partial charge on any atom is -0.548 e. The predicted molar refractivity (Wildman–Crippen MR) is 31.4 cm³/mol. The van der Waals surface area contributed by atoms with Crippen molar-refractivity contribution >= 4 is 11.9 Å². The third kappa shape index (κ3) is 9.94. The van der Waals surface area contributed by atoms with Crippen LogP contribution in [0.5, 0.6) is 0 Å². The van der Waals surface area contributed by atoms with E-state index in [1.165, 1.54) is 0 Å². The van der Waals surface area contributed by atoms with Gasteiger partial charge in [-0.05, 0) is 6.42 Å². The molecule has 4 N–H and O–H groups in total. The van der Waals surface area contributed by atoms with Crippen LogP contribution in [-0.4, -0.2) is 17.9 Å². The Morgan fingerprint density at radius 1 is 1.42 bits per heavy atom. The number of carboxylic acids is 1. The molecule has 0 saturated heterocycles. The molecule has 0 unspecified atom stereocenters. The van der Waals surface area contributed by atoms with Gasteiger partial charge in [-0.2, -0.15) is 0 Å². The standard InChI is InChI=1S/C5H10N2O3.Co.Cr/c6-3(5(9)10)1-2-4(7)8;;/h3H,1-2,6H2,(H2,7,8)(H,9,10);;/q;2*+3/p-1/t3-;;/m0../s1. The van der Waals surface area contributed by atoms with Gasteiger partial charge < -0.3 is 21.4 Å². The number of hydrogen-bond donors (Lipinski definition) is 2. The number of carbonyl (C=O) groups excluding carboxylic acids is 2. The zero-order valence-corrected chi connectivity index (χ0v) is 8.43. The van der Waals surface area contributed by atoms with Crippen molar-refractivity contribution in [3.8, 4) is 0 Å². The van der Waals surface area contributed by atoms with Crippen LogP contribution in [0.25, 0.3) is 0 Å². The molecule has 0 aliphatic rings. The molecule has 0 aromatic heterocycles. The molecule has 0 heterocycles. The quantitative estimate of drug-likeness (QED) is 0.571. The van der Waals surface area contributed by atoms with Gasteiger partial charge in [0, 0.05) is 12.5 Å². The summed E-state index contributed by atoms with van der Waals surface area (Å²) >= 11 is 0. The second kappa shape index (κ2) is 9.03. The van der Waals surface area contributed by atoms with E-state index in [4.69, 9.17) is 11.5 Å². The summed E-state index contributed by atoms with van der Waals surface area (Å²) in [5.74, 6) is -1.92. The fourth-order valence-corrected chi connectivity index (χ4v) is 0.416. The summed E-state index contributed by atoms with van der Waals surface area (Å²) in [6, 6.07) is -1.09. The summed E-state index contributed by atoms with van der Waals surface area (Å²) in [6.07, 6.45) is 0.0206. The summed E-state index contributed by atoms with van der Waals surface area (Å²) in [5.41, 5.74) is 9.73. The Morgan fingerprint density at radius 2 is 1.83 bits per heavy atom. The van der Waals surface area contributed by atoms with Gasteiger partial charge in [-0.15, -0.1) is 0 Å². The fraction of sp³-hybridized carbons (Fsp3) is 0.600. The molecule has 1 atom stereocenters. The molecule has 12 heavy (non-hydrogen) atoms. The van der Waals surface area contributed by atoms with Crippen molar-refractivity contribution in [2.75, 3.05) is 0 Å². The van der Waals surface area contributed by atoms with Gasteiger partial charge >= 0.3 is 34.1 Å². The molecule has 0 aromatic rings. The molecule has 1 amide bonds. The van der Waals surface area contributed by atoms with E-state index in [-0.39, 0.29) is 47.0 Å². The molecule has 0 saturated carbocycles. The van der Waals surface area contributed by atoms with E-state index >= 15 is 0 Å². The number of aliphatic carboxylic acids is 1. The molecule has 0 aliphatic carbocycles. The van der Waals surface area contributed by atoms with Crippen LogP contribution in [0.4, 0.5) is 0 Å². The first-order valence-electron chi connectivity index (χ1n) is 2.78. The van der Waals surface area contributed by atoms with Crippen LogP contribution in [-0.2, 0) is 43.7 Å². The van der Waals surface area contributed by atoms with Gasteiger partial charge in [0.2, 0.25) is 5.91 Å². The van der Waals surface area contributed by atoms with Gasteiger partial charge in [-0.1, -0.05) is 0 Å². The molecule has 7 heteroatoms. The van der Waals surface area contributed by atoms with Gasteiger partial charge in [-0.25, -0.2) is 0 Å². The second-order valence-corrected chi connectivity index (χ2v) is 1.93. The predicted octanol–water partition coefficient (Wildman–Crippen LogP) is -2.68. The van der Waals surface area contributed by atoms with E-state index < -0.39 is 17.9 Å². The minimum absolute atomic E-state index is 0. The topological polar surface area (TPSA) is 109 Å². The van der Waals surface area contributed by atoms with Crippen LogP contribution in [0.1, 0.15) is 12.8 Å². The maximum absolute atomic E-state index is 10.1. The monoisotopic (exact) mass is 256 g/mol. The summed E-state index contributed by atoms with van der Waals surface area (Å²) in [7, 11) is 0. The summed E-state index contributed by atoms with van der Waals surface area (Å²) in [4.78, 5) is 20.0. The van der Waals surface area contributed by atoms with E-state index in [0.717, 1.165) is 0 Å². The summed E-state index contributed by atoms with van der Waals surface area (Å²) in [5, 5.41) is 9.92. The molecular formula is C5H9CoCrN2O3+5. The van der Waals surface area contributed by atoms with Crippen molar-refractivity contribution in [3.05, 3.63) is 0 Å². The molecule has 0 spiro atoms. The molecule has 1 radical (unpaired) electrons.